The van der Waals surface area contributed by atoms with Crippen LogP contribution in [0.3, 0.4) is 0 Å². The molecule has 1 aromatic rings. The van der Waals surface area contributed by atoms with Gasteiger partial charge >= 0.3 is 6.18 Å². The largest absolute Gasteiger partial charge is 0.468 e. The topological polar surface area (TPSA) is 79.3 Å². The summed E-state index contributed by atoms with van der Waals surface area (Å²) in [4.78, 5) is 24.8. The fraction of sp³-hybridized carbons (Fsp3) is 0.650. The summed E-state index contributed by atoms with van der Waals surface area (Å²) in [5.74, 6) is 0.667. The molecule has 1 amide bonds. The molecule has 2 saturated heterocycles. The Morgan fingerprint density at radius 2 is 2.03 bits per heavy atom. The average Bonchev–Trinajstić information content (AvgIpc) is 3.30. The lowest BCUT2D eigenvalue weighted by molar-refractivity contribution is -0.154. The highest BCUT2D eigenvalue weighted by Crippen LogP contribution is 2.18. The Morgan fingerprint density at radius 1 is 1.31 bits per heavy atom. The van der Waals surface area contributed by atoms with E-state index in [1.54, 1.807) is 6.07 Å². The minimum Gasteiger partial charge on any atom is -0.468 e. The molecule has 1 aromatic heterocycles. The monoisotopic (exact) mass is 571 g/mol. The zero-order valence-electron chi connectivity index (χ0n) is 17.9. The highest BCUT2D eigenvalue weighted by Gasteiger charge is 2.31. The van der Waals surface area contributed by atoms with Gasteiger partial charge in [0.05, 0.1) is 6.54 Å². The predicted octanol–water partition coefficient (Wildman–Crippen LogP) is 2.43. The lowest BCUT2D eigenvalue weighted by Gasteiger charge is -2.37. The van der Waals surface area contributed by atoms with Crippen LogP contribution < -0.4 is 10.1 Å². The highest BCUT2D eigenvalue weighted by atomic mass is 127. The van der Waals surface area contributed by atoms with Crippen LogP contribution in [0.1, 0.15) is 25.3 Å². The Kier molecular flexibility index (Phi) is 10.3. The fourth-order valence-electron chi connectivity index (χ4n) is 3.49. The van der Waals surface area contributed by atoms with Gasteiger partial charge in [-0.1, -0.05) is 0 Å². The number of nitrogens with one attached hydrogen (secondary N) is 1. The quantitative estimate of drug-likeness (QED) is 0.321. The van der Waals surface area contributed by atoms with Crippen LogP contribution in [0.25, 0.3) is 0 Å². The number of ether oxygens (including phenoxy) is 2. The van der Waals surface area contributed by atoms with Crippen LogP contribution in [-0.2, 0) is 16.1 Å². The molecule has 1 N–H and O–H groups in total. The van der Waals surface area contributed by atoms with E-state index < -0.39 is 12.8 Å². The smallest absolute Gasteiger partial charge is 0.422 e. The summed E-state index contributed by atoms with van der Waals surface area (Å²) < 4.78 is 47.2. The number of carbonyl (C=O) groups is 1. The molecule has 2 aliphatic heterocycles. The lowest BCUT2D eigenvalue weighted by atomic mass is 10.2. The number of guanidine groups is 1. The molecule has 12 heteroatoms. The van der Waals surface area contributed by atoms with Crippen molar-refractivity contribution >= 4 is 35.8 Å². The molecule has 2 fully saturated rings. The summed E-state index contributed by atoms with van der Waals surface area (Å²) in [5.41, 5.74) is 0.690. The Hall–Kier alpha value is -1.83. The van der Waals surface area contributed by atoms with Crippen LogP contribution in [0.4, 0.5) is 13.2 Å². The first-order chi connectivity index (χ1) is 14.9. The van der Waals surface area contributed by atoms with E-state index in [2.05, 4.69) is 20.2 Å². The molecule has 180 valence electrons. The number of rotatable bonds is 6. The van der Waals surface area contributed by atoms with E-state index in [0.29, 0.717) is 50.9 Å². The van der Waals surface area contributed by atoms with E-state index in [-0.39, 0.29) is 48.4 Å². The van der Waals surface area contributed by atoms with Gasteiger partial charge in [-0.2, -0.15) is 13.2 Å². The normalized spacial score (nSPS) is 19.5. The molecule has 1 unspecified atom stereocenters. The number of nitrogens with zero attached hydrogens (tertiary/aromatic N) is 4. The Bertz CT molecular complexity index is 767. The Labute approximate surface area is 202 Å². The van der Waals surface area contributed by atoms with Crippen molar-refractivity contribution in [1.29, 1.82) is 0 Å². The number of aliphatic imine (C=N–C) groups is 1. The van der Waals surface area contributed by atoms with Gasteiger partial charge in [-0.3, -0.25) is 4.79 Å². The molecule has 3 rings (SSSR count). The van der Waals surface area contributed by atoms with Gasteiger partial charge in [-0.25, -0.2) is 9.98 Å². The number of amides is 1. The number of carbonyl (C=O) groups excluding carboxylic acids is 1. The fourth-order valence-corrected chi connectivity index (χ4v) is 3.49. The molecule has 0 aromatic carbocycles. The second kappa shape index (κ2) is 12.4. The van der Waals surface area contributed by atoms with Crippen LogP contribution in [0.5, 0.6) is 5.88 Å². The molecule has 0 saturated carbocycles. The van der Waals surface area contributed by atoms with Gasteiger partial charge < -0.3 is 24.6 Å². The Balaban J connectivity index is 0.00000363. The van der Waals surface area contributed by atoms with E-state index in [1.165, 1.54) is 12.3 Å². The van der Waals surface area contributed by atoms with Gasteiger partial charge in [0.1, 0.15) is 6.10 Å². The van der Waals surface area contributed by atoms with Crippen molar-refractivity contribution in [3.63, 3.8) is 0 Å². The number of aromatic nitrogens is 1. The zero-order valence-corrected chi connectivity index (χ0v) is 20.3. The second-order valence-corrected chi connectivity index (χ2v) is 7.39. The first-order valence-electron chi connectivity index (χ1n) is 10.4. The van der Waals surface area contributed by atoms with Crippen molar-refractivity contribution in [1.82, 2.24) is 20.1 Å². The zero-order chi connectivity index (χ0) is 22.3. The number of halogens is 4. The number of hydrogen-bond donors (Lipinski definition) is 1. The van der Waals surface area contributed by atoms with E-state index in [9.17, 15) is 18.0 Å². The van der Waals surface area contributed by atoms with Gasteiger partial charge in [0.15, 0.2) is 12.6 Å². The number of hydrogen-bond acceptors (Lipinski definition) is 5. The van der Waals surface area contributed by atoms with Crippen LogP contribution in [-0.4, -0.2) is 84.9 Å². The molecule has 1 atom stereocenters. The molecule has 0 bridgehead atoms. The molecule has 2 aliphatic rings. The van der Waals surface area contributed by atoms with Crippen molar-refractivity contribution in [3.8, 4) is 5.88 Å². The van der Waals surface area contributed by atoms with Crippen molar-refractivity contribution in [2.45, 2.75) is 38.6 Å². The third-order valence-electron chi connectivity index (χ3n) is 5.03. The van der Waals surface area contributed by atoms with Gasteiger partial charge in [0.25, 0.3) is 5.91 Å². The summed E-state index contributed by atoms with van der Waals surface area (Å²) in [5, 5.41) is 3.23. The molecule has 8 nitrogen and oxygen atoms in total. The van der Waals surface area contributed by atoms with E-state index in [0.717, 1.165) is 12.8 Å². The number of piperazine rings is 1. The summed E-state index contributed by atoms with van der Waals surface area (Å²) >= 11 is 0. The van der Waals surface area contributed by atoms with E-state index >= 15 is 0 Å². The average molecular weight is 571 g/mol. The molecule has 3 heterocycles. The summed E-state index contributed by atoms with van der Waals surface area (Å²) in [6.45, 7) is 4.62. The van der Waals surface area contributed by atoms with Crippen LogP contribution >= 0.6 is 24.0 Å². The molecular formula is C20H29F3IN5O3. The molecule has 0 radical (unpaired) electrons. The predicted molar refractivity (Wildman–Crippen MR) is 123 cm³/mol. The van der Waals surface area contributed by atoms with Crippen LogP contribution in [0.2, 0.25) is 0 Å². The molecule has 32 heavy (non-hydrogen) atoms. The van der Waals surface area contributed by atoms with Crippen LogP contribution in [0, 0.1) is 0 Å². The van der Waals surface area contributed by atoms with Gasteiger partial charge in [0, 0.05) is 51.6 Å². The summed E-state index contributed by atoms with van der Waals surface area (Å²) in [7, 11) is 0. The third kappa shape index (κ3) is 7.94. The second-order valence-electron chi connectivity index (χ2n) is 7.39. The maximum absolute atomic E-state index is 12.5. The summed E-state index contributed by atoms with van der Waals surface area (Å²) in [6.07, 6.45) is -1.62. The van der Waals surface area contributed by atoms with E-state index in [1.807, 2.05) is 11.8 Å². The van der Waals surface area contributed by atoms with Crippen molar-refractivity contribution in [2.24, 2.45) is 4.99 Å². The standard InChI is InChI=1S/C20H28F3N5O3.HI/c1-2-24-19(26-13-15-5-6-25-17(12-15)31-14-20(21,22)23)28-9-7-27(8-10-28)18(29)16-4-3-11-30-16;/h5-6,12,16H,2-4,7-11,13-14H2,1H3,(H,24,26);1H. The van der Waals surface area contributed by atoms with Gasteiger partial charge in [0.2, 0.25) is 5.88 Å². The molecule has 0 aliphatic carbocycles. The maximum atomic E-state index is 12.5. The minimum atomic E-state index is -4.42. The molecular weight excluding hydrogens is 542 g/mol. The first kappa shape index (κ1) is 26.4. The highest BCUT2D eigenvalue weighted by molar-refractivity contribution is 14.0. The first-order valence-corrected chi connectivity index (χ1v) is 10.4. The SMILES string of the molecule is CCNC(=NCc1ccnc(OCC(F)(F)F)c1)N1CCN(C(=O)C2CCCO2)CC1.I. The summed E-state index contributed by atoms with van der Waals surface area (Å²) in [6, 6.07) is 3.14. The molecule has 0 spiro atoms. The van der Waals surface area contributed by atoms with Gasteiger partial charge in [-0.05, 0) is 31.4 Å². The van der Waals surface area contributed by atoms with Crippen molar-refractivity contribution in [2.75, 3.05) is 45.9 Å². The number of alkyl halides is 3. The van der Waals surface area contributed by atoms with Crippen LogP contribution in [0.15, 0.2) is 23.3 Å². The maximum Gasteiger partial charge on any atom is 0.422 e. The lowest BCUT2D eigenvalue weighted by Crippen LogP contribution is -2.55. The number of pyridine rings is 1. The van der Waals surface area contributed by atoms with E-state index in [4.69, 9.17) is 9.47 Å². The Morgan fingerprint density at radius 3 is 2.66 bits per heavy atom. The van der Waals surface area contributed by atoms with Crippen molar-refractivity contribution < 1.29 is 27.4 Å². The third-order valence-corrected chi connectivity index (χ3v) is 5.03. The van der Waals surface area contributed by atoms with Crippen molar-refractivity contribution in [3.05, 3.63) is 23.9 Å². The van der Waals surface area contributed by atoms with Gasteiger partial charge in [-0.15, -0.1) is 24.0 Å². The minimum absolute atomic E-state index is 0.